The number of fused-ring (bicyclic) bond motifs is 1. The number of benzene rings is 2. The van der Waals surface area contributed by atoms with Gasteiger partial charge in [-0.15, -0.1) is 0 Å². The van der Waals surface area contributed by atoms with Crippen LogP contribution in [0.5, 0.6) is 5.75 Å². The fourth-order valence-corrected chi connectivity index (χ4v) is 2.61. The average molecular weight is 282 g/mol. The zero-order valence-electron chi connectivity index (χ0n) is 11.9. The van der Waals surface area contributed by atoms with Gasteiger partial charge in [-0.05, 0) is 29.7 Å². The van der Waals surface area contributed by atoms with Gasteiger partial charge in [0, 0.05) is 6.54 Å². The predicted octanol–water partition coefficient (Wildman–Crippen LogP) is 2.35. The van der Waals surface area contributed by atoms with Gasteiger partial charge in [-0.25, -0.2) is 0 Å². The lowest BCUT2D eigenvalue weighted by Gasteiger charge is -2.25. The van der Waals surface area contributed by atoms with E-state index in [-0.39, 0.29) is 11.9 Å². The first-order chi connectivity index (χ1) is 10.3. The van der Waals surface area contributed by atoms with Crippen LogP contribution in [0.1, 0.15) is 11.1 Å². The molecule has 108 valence electrons. The molecule has 0 saturated heterocycles. The molecular formula is C17H18N2O2. The lowest BCUT2D eigenvalue weighted by atomic mass is 9.95. The highest BCUT2D eigenvalue weighted by molar-refractivity contribution is 5.96. The molecule has 2 aromatic rings. The van der Waals surface area contributed by atoms with E-state index in [1.165, 1.54) is 11.1 Å². The number of hydrogen-bond donors (Lipinski definition) is 2. The largest absolute Gasteiger partial charge is 0.495 e. The summed E-state index contributed by atoms with van der Waals surface area (Å²) in [4.78, 5) is 12.4. The van der Waals surface area contributed by atoms with Crippen molar-refractivity contribution in [3.05, 3.63) is 59.7 Å². The summed E-state index contributed by atoms with van der Waals surface area (Å²) in [6.07, 6.45) is 0.706. The summed E-state index contributed by atoms with van der Waals surface area (Å²) >= 11 is 0. The molecule has 4 nitrogen and oxygen atoms in total. The summed E-state index contributed by atoms with van der Waals surface area (Å²) in [5.74, 6) is 0.635. The smallest absolute Gasteiger partial charge is 0.241 e. The molecule has 1 aliphatic rings. The van der Waals surface area contributed by atoms with Crippen molar-refractivity contribution in [2.24, 2.45) is 0 Å². The Morgan fingerprint density at radius 2 is 1.86 bits per heavy atom. The first-order valence-electron chi connectivity index (χ1n) is 7.02. The van der Waals surface area contributed by atoms with Gasteiger partial charge in [0.05, 0.1) is 18.8 Å². The van der Waals surface area contributed by atoms with Crippen molar-refractivity contribution in [2.45, 2.75) is 19.0 Å². The summed E-state index contributed by atoms with van der Waals surface area (Å²) in [5.41, 5.74) is 3.20. The molecule has 4 heteroatoms. The van der Waals surface area contributed by atoms with Crippen molar-refractivity contribution in [1.82, 2.24) is 5.32 Å². The highest BCUT2D eigenvalue weighted by Gasteiger charge is 2.24. The van der Waals surface area contributed by atoms with E-state index in [0.29, 0.717) is 17.9 Å². The fraction of sp³-hybridized carbons (Fsp3) is 0.235. The third-order valence-corrected chi connectivity index (χ3v) is 3.76. The standard InChI is InChI=1S/C17H18N2O2/c1-21-16-9-5-4-8-14(16)19-17(20)15-10-12-6-2-3-7-13(12)11-18-15/h2-9,15,18H,10-11H2,1H3,(H,19,20)/t15-/m0/s1. The summed E-state index contributed by atoms with van der Waals surface area (Å²) in [6.45, 7) is 0.722. The Balaban J connectivity index is 1.72. The number of carbonyl (C=O) groups is 1. The molecular weight excluding hydrogens is 264 g/mol. The molecule has 1 amide bonds. The van der Waals surface area contributed by atoms with Crippen LogP contribution in [0, 0.1) is 0 Å². The lowest BCUT2D eigenvalue weighted by Crippen LogP contribution is -2.44. The van der Waals surface area contributed by atoms with Crippen LogP contribution >= 0.6 is 0 Å². The second-order valence-corrected chi connectivity index (χ2v) is 5.10. The van der Waals surface area contributed by atoms with Gasteiger partial charge in [0.1, 0.15) is 5.75 Å². The Hall–Kier alpha value is -2.33. The zero-order chi connectivity index (χ0) is 14.7. The molecule has 1 aliphatic heterocycles. The van der Waals surface area contributed by atoms with Crippen molar-refractivity contribution in [2.75, 3.05) is 12.4 Å². The minimum absolute atomic E-state index is 0.0333. The first-order valence-corrected chi connectivity index (χ1v) is 7.02. The predicted molar refractivity (Wildman–Crippen MR) is 82.4 cm³/mol. The Morgan fingerprint density at radius 1 is 1.14 bits per heavy atom. The lowest BCUT2D eigenvalue weighted by molar-refractivity contribution is -0.118. The van der Waals surface area contributed by atoms with Gasteiger partial charge in [-0.1, -0.05) is 36.4 Å². The van der Waals surface area contributed by atoms with Crippen molar-refractivity contribution < 1.29 is 9.53 Å². The molecule has 3 rings (SSSR count). The molecule has 0 aromatic heterocycles. The zero-order valence-corrected chi connectivity index (χ0v) is 11.9. The van der Waals surface area contributed by atoms with Crippen molar-refractivity contribution in [3.63, 3.8) is 0 Å². The number of rotatable bonds is 3. The van der Waals surface area contributed by atoms with E-state index in [2.05, 4.69) is 22.8 Å². The normalized spacial score (nSPS) is 16.9. The SMILES string of the molecule is COc1ccccc1NC(=O)[C@@H]1Cc2ccccc2CN1. The molecule has 2 N–H and O–H groups in total. The van der Waals surface area contributed by atoms with Gasteiger partial charge in [-0.2, -0.15) is 0 Å². The molecule has 2 aromatic carbocycles. The molecule has 1 atom stereocenters. The Morgan fingerprint density at radius 3 is 2.67 bits per heavy atom. The van der Waals surface area contributed by atoms with Crippen LogP contribution in [0.2, 0.25) is 0 Å². The second-order valence-electron chi connectivity index (χ2n) is 5.10. The second kappa shape index (κ2) is 5.97. The van der Waals surface area contributed by atoms with E-state index in [9.17, 15) is 4.79 Å². The number of amides is 1. The summed E-state index contributed by atoms with van der Waals surface area (Å²) in [5, 5.41) is 6.22. The summed E-state index contributed by atoms with van der Waals surface area (Å²) in [6, 6.07) is 15.4. The fourth-order valence-electron chi connectivity index (χ4n) is 2.61. The van der Waals surface area contributed by atoms with Gasteiger partial charge < -0.3 is 15.4 Å². The Kier molecular flexibility index (Phi) is 3.88. The summed E-state index contributed by atoms with van der Waals surface area (Å²) < 4.78 is 5.25. The van der Waals surface area contributed by atoms with Gasteiger partial charge >= 0.3 is 0 Å². The minimum atomic E-state index is -0.218. The molecule has 0 unspecified atom stereocenters. The van der Waals surface area contributed by atoms with E-state index < -0.39 is 0 Å². The number of hydrogen-bond acceptors (Lipinski definition) is 3. The number of nitrogens with one attached hydrogen (secondary N) is 2. The summed E-state index contributed by atoms with van der Waals surface area (Å²) in [7, 11) is 1.60. The molecule has 0 spiro atoms. The Bertz CT molecular complexity index is 655. The third kappa shape index (κ3) is 2.90. The highest BCUT2D eigenvalue weighted by Crippen LogP contribution is 2.24. The van der Waals surface area contributed by atoms with Gasteiger partial charge in [0.2, 0.25) is 5.91 Å². The third-order valence-electron chi connectivity index (χ3n) is 3.76. The monoisotopic (exact) mass is 282 g/mol. The molecule has 0 aliphatic carbocycles. The molecule has 0 bridgehead atoms. The van der Waals surface area contributed by atoms with Crippen LogP contribution in [-0.4, -0.2) is 19.1 Å². The van der Waals surface area contributed by atoms with Crippen LogP contribution in [-0.2, 0) is 17.8 Å². The number of carbonyl (C=O) groups excluding carboxylic acids is 1. The van der Waals surface area contributed by atoms with E-state index in [1.807, 2.05) is 36.4 Å². The molecule has 1 heterocycles. The molecule has 0 fully saturated rings. The topological polar surface area (TPSA) is 50.4 Å². The number of methoxy groups -OCH3 is 1. The van der Waals surface area contributed by atoms with Crippen LogP contribution in [0.15, 0.2) is 48.5 Å². The average Bonchev–Trinajstić information content (AvgIpc) is 2.55. The van der Waals surface area contributed by atoms with Crippen molar-refractivity contribution in [1.29, 1.82) is 0 Å². The van der Waals surface area contributed by atoms with E-state index in [1.54, 1.807) is 7.11 Å². The highest BCUT2D eigenvalue weighted by atomic mass is 16.5. The first kappa shape index (κ1) is 13.6. The van der Waals surface area contributed by atoms with Crippen LogP contribution in [0.25, 0.3) is 0 Å². The van der Waals surface area contributed by atoms with E-state index >= 15 is 0 Å². The van der Waals surface area contributed by atoms with Crippen LogP contribution in [0.4, 0.5) is 5.69 Å². The van der Waals surface area contributed by atoms with Crippen molar-refractivity contribution >= 4 is 11.6 Å². The Labute approximate surface area is 124 Å². The maximum Gasteiger partial charge on any atom is 0.241 e. The maximum absolute atomic E-state index is 12.4. The van der Waals surface area contributed by atoms with Crippen molar-refractivity contribution in [3.8, 4) is 5.75 Å². The number of ether oxygens (including phenoxy) is 1. The maximum atomic E-state index is 12.4. The quantitative estimate of drug-likeness (QED) is 0.908. The van der Waals surface area contributed by atoms with Crippen LogP contribution < -0.4 is 15.4 Å². The van der Waals surface area contributed by atoms with Gasteiger partial charge in [-0.3, -0.25) is 4.79 Å². The van der Waals surface area contributed by atoms with Crippen LogP contribution in [0.3, 0.4) is 0 Å². The van der Waals surface area contributed by atoms with Gasteiger partial charge in [0.15, 0.2) is 0 Å². The van der Waals surface area contributed by atoms with E-state index in [4.69, 9.17) is 4.74 Å². The number of anilines is 1. The molecule has 0 saturated carbocycles. The van der Waals surface area contributed by atoms with E-state index in [0.717, 1.165) is 6.54 Å². The molecule has 21 heavy (non-hydrogen) atoms. The molecule has 0 radical (unpaired) electrons. The minimum Gasteiger partial charge on any atom is -0.495 e. The number of para-hydroxylation sites is 2. The van der Waals surface area contributed by atoms with Gasteiger partial charge in [0.25, 0.3) is 0 Å².